The first kappa shape index (κ1) is 21.6. The monoisotopic (exact) mass is 440 g/mol. The van der Waals surface area contributed by atoms with Crippen molar-refractivity contribution in [1.29, 1.82) is 0 Å². The zero-order chi connectivity index (χ0) is 22.1. The number of fused-ring (bicyclic) bond motifs is 2. The van der Waals surface area contributed by atoms with Crippen LogP contribution in [0.2, 0.25) is 0 Å². The summed E-state index contributed by atoms with van der Waals surface area (Å²) in [5.74, 6) is 1.07. The molecular weight excluding hydrogens is 412 g/mol. The van der Waals surface area contributed by atoms with Gasteiger partial charge in [-0.25, -0.2) is 9.78 Å². The van der Waals surface area contributed by atoms with E-state index in [0.717, 1.165) is 45.7 Å². The summed E-state index contributed by atoms with van der Waals surface area (Å²) in [7, 11) is 0. The van der Waals surface area contributed by atoms with Gasteiger partial charge in [0.1, 0.15) is 4.83 Å². The van der Waals surface area contributed by atoms with E-state index >= 15 is 0 Å². The van der Waals surface area contributed by atoms with Crippen LogP contribution < -0.4 is 9.47 Å². The van der Waals surface area contributed by atoms with Crippen molar-refractivity contribution in [1.82, 2.24) is 9.88 Å². The number of thiophene rings is 1. The molecule has 2 aromatic heterocycles. The summed E-state index contributed by atoms with van der Waals surface area (Å²) in [5.41, 5.74) is 4.21. The number of carbonyl (C=O) groups is 1. The average Bonchev–Trinajstić information content (AvgIpc) is 3.34. The first-order chi connectivity index (χ1) is 15.0. The lowest BCUT2D eigenvalue weighted by atomic mass is 9.93. The first-order valence-electron chi connectivity index (χ1n) is 10.7. The summed E-state index contributed by atoms with van der Waals surface area (Å²) in [6, 6.07) is 5.84. The van der Waals surface area contributed by atoms with E-state index in [-0.39, 0.29) is 12.8 Å². The Morgan fingerprint density at radius 3 is 2.61 bits per heavy atom. The lowest BCUT2D eigenvalue weighted by Gasteiger charge is -2.21. The number of benzene rings is 1. The number of carbonyl (C=O) groups excluding carboxylic acids is 1. The van der Waals surface area contributed by atoms with Crippen LogP contribution in [0, 0.1) is 13.8 Å². The molecular formula is C24H28N2O4S. The topological polar surface area (TPSA) is 60.9 Å². The van der Waals surface area contributed by atoms with Crippen LogP contribution in [0.15, 0.2) is 18.2 Å². The van der Waals surface area contributed by atoms with Crippen LogP contribution in [0.25, 0.3) is 21.3 Å². The Kier molecular flexibility index (Phi) is 6.16. The molecule has 164 valence electrons. The molecule has 0 N–H and O–H groups in total. The number of aromatic nitrogens is 1. The van der Waals surface area contributed by atoms with Gasteiger partial charge in [-0.2, -0.15) is 0 Å². The number of rotatable bonds is 7. The number of pyridine rings is 1. The van der Waals surface area contributed by atoms with E-state index in [9.17, 15) is 4.79 Å². The molecule has 6 nitrogen and oxygen atoms in total. The van der Waals surface area contributed by atoms with Gasteiger partial charge in [0.05, 0.1) is 17.9 Å². The summed E-state index contributed by atoms with van der Waals surface area (Å²) in [5, 5.41) is 1.01. The summed E-state index contributed by atoms with van der Waals surface area (Å²) < 4.78 is 16.6. The Balaban J connectivity index is 2.04. The van der Waals surface area contributed by atoms with E-state index in [2.05, 4.69) is 32.6 Å². The van der Waals surface area contributed by atoms with Gasteiger partial charge in [-0.15, -0.1) is 11.3 Å². The molecule has 0 fully saturated rings. The molecule has 0 atom stereocenters. The number of hydrogen-bond donors (Lipinski definition) is 0. The van der Waals surface area contributed by atoms with Crippen LogP contribution in [0.4, 0.5) is 0 Å². The molecule has 0 saturated heterocycles. The quantitative estimate of drug-likeness (QED) is 0.463. The second-order valence-corrected chi connectivity index (χ2v) is 8.72. The number of ether oxygens (including phenoxy) is 3. The Labute approximate surface area is 186 Å². The molecule has 0 radical (unpaired) electrons. The lowest BCUT2D eigenvalue weighted by molar-refractivity contribution is 0.0524. The van der Waals surface area contributed by atoms with Gasteiger partial charge in [0.2, 0.25) is 6.79 Å². The molecule has 7 heteroatoms. The molecule has 1 aromatic carbocycles. The summed E-state index contributed by atoms with van der Waals surface area (Å²) in [6.45, 7) is 13.1. The summed E-state index contributed by atoms with van der Waals surface area (Å²) in [6.07, 6.45) is 0. The second-order valence-electron chi connectivity index (χ2n) is 7.52. The minimum atomic E-state index is -0.338. The van der Waals surface area contributed by atoms with Gasteiger partial charge in [-0.1, -0.05) is 19.9 Å². The highest BCUT2D eigenvalue weighted by Gasteiger charge is 2.27. The van der Waals surface area contributed by atoms with Crippen molar-refractivity contribution in [3.8, 4) is 22.6 Å². The van der Waals surface area contributed by atoms with E-state index in [0.29, 0.717) is 30.2 Å². The van der Waals surface area contributed by atoms with Gasteiger partial charge in [0.15, 0.2) is 11.5 Å². The molecule has 4 rings (SSSR count). The van der Waals surface area contributed by atoms with E-state index in [4.69, 9.17) is 19.2 Å². The number of aryl methyl sites for hydroxylation is 2. The molecule has 0 bridgehead atoms. The first-order valence-corrected chi connectivity index (χ1v) is 11.5. The van der Waals surface area contributed by atoms with Gasteiger partial charge < -0.3 is 14.2 Å². The third-order valence-corrected chi connectivity index (χ3v) is 6.90. The fourth-order valence-electron chi connectivity index (χ4n) is 3.97. The van der Waals surface area contributed by atoms with Crippen LogP contribution >= 0.6 is 11.3 Å². The molecule has 31 heavy (non-hydrogen) atoms. The summed E-state index contributed by atoms with van der Waals surface area (Å²) >= 11 is 1.67. The minimum absolute atomic E-state index is 0.207. The highest BCUT2D eigenvalue weighted by Crippen LogP contribution is 2.43. The standard InChI is InChI=1S/C24H28N2O4S/c1-6-26(7-2)12-17-22(24(27)28-8-3)21(20-14(4)15(5)31-23(20)25-17)16-9-10-18-19(11-16)30-13-29-18/h9-11H,6-8,12-13H2,1-5H3. The summed E-state index contributed by atoms with van der Waals surface area (Å²) in [4.78, 5) is 22.6. The number of hydrogen-bond acceptors (Lipinski definition) is 7. The largest absolute Gasteiger partial charge is 0.462 e. The maximum atomic E-state index is 13.3. The van der Waals surface area contributed by atoms with Crippen molar-refractivity contribution in [2.24, 2.45) is 0 Å². The predicted molar refractivity (Wildman–Crippen MR) is 123 cm³/mol. The van der Waals surface area contributed by atoms with Gasteiger partial charge in [0.25, 0.3) is 0 Å². The zero-order valence-corrected chi connectivity index (χ0v) is 19.5. The Hall–Kier alpha value is -2.64. The van der Waals surface area contributed by atoms with Crippen LogP contribution in [0.5, 0.6) is 11.5 Å². The molecule has 0 unspecified atom stereocenters. The maximum absolute atomic E-state index is 13.3. The number of nitrogens with zero attached hydrogens (tertiary/aromatic N) is 2. The van der Waals surface area contributed by atoms with Crippen LogP contribution in [-0.2, 0) is 11.3 Å². The van der Waals surface area contributed by atoms with Gasteiger partial charge >= 0.3 is 5.97 Å². The van der Waals surface area contributed by atoms with Gasteiger partial charge in [0, 0.05) is 22.4 Å². The fourth-order valence-corrected chi connectivity index (χ4v) is 5.03. The Morgan fingerprint density at radius 2 is 1.90 bits per heavy atom. The smallest absolute Gasteiger partial charge is 0.340 e. The van der Waals surface area contributed by atoms with Crippen molar-refractivity contribution in [2.45, 2.75) is 41.2 Å². The van der Waals surface area contributed by atoms with Crippen LogP contribution in [-0.4, -0.2) is 42.3 Å². The lowest BCUT2D eigenvalue weighted by Crippen LogP contribution is -2.25. The molecule has 0 amide bonds. The molecule has 3 aromatic rings. The van der Waals surface area contributed by atoms with Crippen LogP contribution in [0.3, 0.4) is 0 Å². The van der Waals surface area contributed by atoms with Crippen LogP contribution in [0.1, 0.15) is 47.3 Å². The highest BCUT2D eigenvalue weighted by molar-refractivity contribution is 7.18. The van der Waals surface area contributed by atoms with E-state index < -0.39 is 0 Å². The molecule has 0 spiro atoms. The molecule has 1 aliphatic heterocycles. The van der Waals surface area contributed by atoms with E-state index in [1.807, 2.05) is 25.1 Å². The van der Waals surface area contributed by atoms with E-state index in [1.54, 1.807) is 11.3 Å². The van der Waals surface area contributed by atoms with Crippen molar-refractivity contribution < 1.29 is 19.0 Å². The maximum Gasteiger partial charge on any atom is 0.340 e. The second kappa shape index (κ2) is 8.85. The number of esters is 1. The Bertz CT molecular complexity index is 1130. The fraction of sp³-hybridized carbons (Fsp3) is 0.417. The van der Waals surface area contributed by atoms with Crippen molar-refractivity contribution >= 4 is 27.5 Å². The van der Waals surface area contributed by atoms with Crippen molar-refractivity contribution in [3.05, 3.63) is 39.9 Å². The molecule has 1 aliphatic rings. The highest BCUT2D eigenvalue weighted by atomic mass is 32.1. The van der Waals surface area contributed by atoms with Crippen molar-refractivity contribution in [2.75, 3.05) is 26.5 Å². The zero-order valence-electron chi connectivity index (χ0n) is 18.7. The Morgan fingerprint density at radius 1 is 1.16 bits per heavy atom. The minimum Gasteiger partial charge on any atom is -0.462 e. The normalized spacial score (nSPS) is 12.7. The average molecular weight is 441 g/mol. The molecule has 0 saturated carbocycles. The van der Waals surface area contributed by atoms with Gasteiger partial charge in [-0.05, 0) is 57.1 Å². The predicted octanol–water partition coefficient (Wildman–Crippen LogP) is 5.33. The SMILES string of the molecule is CCOC(=O)c1c(CN(CC)CC)nc2sc(C)c(C)c2c1-c1ccc2c(c1)OCO2. The van der Waals surface area contributed by atoms with Gasteiger partial charge in [-0.3, -0.25) is 4.90 Å². The molecule has 0 aliphatic carbocycles. The van der Waals surface area contributed by atoms with E-state index in [1.165, 1.54) is 4.88 Å². The van der Waals surface area contributed by atoms with Crippen molar-refractivity contribution in [3.63, 3.8) is 0 Å². The third-order valence-electron chi connectivity index (χ3n) is 5.80. The third kappa shape index (κ3) is 3.88. The molecule has 3 heterocycles.